The molecule has 3 nitrogen and oxygen atoms in total. The highest BCUT2D eigenvalue weighted by Crippen LogP contribution is 1.84. The van der Waals surface area contributed by atoms with Crippen molar-refractivity contribution in [2.45, 2.75) is 6.92 Å². The lowest BCUT2D eigenvalue weighted by Gasteiger charge is -2.09. The van der Waals surface area contributed by atoms with Gasteiger partial charge in [0.05, 0.1) is 6.57 Å². The van der Waals surface area contributed by atoms with E-state index in [1.807, 2.05) is 0 Å². The highest BCUT2D eigenvalue weighted by atomic mass is 16.6. The summed E-state index contributed by atoms with van der Waals surface area (Å²) in [6.45, 7) is 8.19. The summed E-state index contributed by atoms with van der Waals surface area (Å²) >= 11 is 0. The number of hydrogen-bond acceptors (Lipinski definition) is 2. The predicted molar refractivity (Wildman–Crippen MR) is 26.3 cm³/mol. The van der Waals surface area contributed by atoms with Crippen LogP contribution >= 0.6 is 0 Å². The number of hydrogen-bond donors (Lipinski definition) is 0. The van der Waals surface area contributed by atoms with Crippen LogP contribution in [0.4, 0.5) is 0 Å². The summed E-state index contributed by atoms with van der Waals surface area (Å²) in [5, 5.41) is 10.2. The summed E-state index contributed by atoms with van der Waals surface area (Å²) in [5.41, 5.74) is 0. The molecule has 0 unspecified atom stereocenters. The van der Waals surface area contributed by atoms with Gasteiger partial charge in [-0.3, -0.25) is 0 Å². The molecule has 0 aliphatic rings. The second-order valence-corrected chi connectivity index (χ2v) is 1.01. The van der Waals surface area contributed by atoms with Crippen LogP contribution in [0.3, 0.4) is 0 Å². The Morgan fingerprint density at radius 3 is 3.00 bits per heavy atom. The van der Waals surface area contributed by atoms with Gasteiger partial charge in [-0.05, 0) is 6.61 Å². The minimum absolute atomic E-state index is 0.324. The van der Waals surface area contributed by atoms with E-state index in [9.17, 15) is 5.11 Å². The third kappa shape index (κ3) is 3.04. The van der Waals surface area contributed by atoms with Gasteiger partial charge in [0, 0.05) is 5.95 Å². The molecule has 44 valence electrons. The molecule has 0 spiro atoms. The van der Waals surface area contributed by atoms with Crippen LogP contribution in [-0.4, -0.2) is 6.61 Å². The molecule has 0 aromatic rings. The third-order valence-corrected chi connectivity index (χ3v) is 0.457. The number of nitrogens with zero attached hydrogens (tertiary/aromatic N) is 1. The highest BCUT2D eigenvalue weighted by molar-refractivity contribution is 4.87. The van der Waals surface area contributed by atoms with Crippen molar-refractivity contribution < 1.29 is 9.84 Å². The van der Waals surface area contributed by atoms with E-state index in [-0.39, 0.29) is 0 Å². The molecular weight excluding hydrogens is 106 g/mol. The normalized spacial score (nSPS) is 10.2. The van der Waals surface area contributed by atoms with Crippen LogP contribution in [0.1, 0.15) is 6.92 Å². The van der Waals surface area contributed by atoms with Gasteiger partial charge in [-0.2, -0.15) is 0 Å². The van der Waals surface area contributed by atoms with E-state index in [4.69, 9.17) is 6.57 Å². The van der Waals surface area contributed by atoms with Gasteiger partial charge in [-0.15, -0.1) is 0 Å². The Kier molecular flexibility index (Phi) is 3.42. The molecule has 0 saturated carbocycles. The molecule has 0 N–H and O–H groups in total. The monoisotopic (exact) mass is 112 g/mol. The Morgan fingerprint density at radius 1 is 2.00 bits per heavy atom. The maximum atomic E-state index is 10.2. The maximum Gasteiger partial charge on any atom is 0.175 e. The molecule has 0 aromatic heterocycles. The van der Waals surface area contributed by atoms with Crippen molar-refractivity contribution in [3.8, 4) is 0 Å². The third-order valence-electron chi connectivity index (χ3n) is 0.457. The quantitative estimate of drug-likeness (QED) is 0.375. The van der Waals surface area contributed by atoms with Crippen LogP contribution < -0.4 is 5.11 Å². The van der Waals surface area contributed by atoms with Crippen molar-refractivity contribution in [3.05, 3.63) is 23.6 Å². The molecular formula is C5H6NO2-. The number of rotatable bonds is 2. The van der Waals surface area contributed by atoms with Crippen molar-refractivity contribution in [2.75, 3.05) is 6.61 Å². The van der Waals surface area contributed by atoms with E-state index in [1.165, 1.54) is 0 Å². The molecule has 0 aliphatic heterocycles. The zero-order valence-electron chi connectivity index (χ0n) is 4.55. The van der Waals surface area contributed by atoms with Crippen LogP contribution in [0.2, 0.25) is 0 Å². The zero-order chi connectivity index (χ0) is 6.41. The zero-order valence-corrected chi connectivity index (χ0v) is 4.55. The van der Waals surface area contributed by atoms with Crippen LogP contribution in [0, 0.1) is 6.57 Å². The van der Waals surface area contributed by atoms with Crippen LogP contribution in [0.15, 0.2) is 12.1 Å². The van der Waals surface area contributed by atoms with Crippen LogP contribution in [-0.2, 0) is 4.74 Å². The first-order valence-corrected chi connectivity index (χ1v) is 2.17. The van der Waals surface area contributed by atoms with Crippen molar-refractivity contribution >= 4 is 0 Å². The molecule has 0 amide bonds. The van der Waals surface area contributed by atoms with E-state index in [1.54, 1.807) is 6.92 Å². The van der Waals surface area contributed by atoms with Crippen LogP contribution in [0.5, 0.6) is 0 Å². The minimum Gasteiger partial charge on any atom is -0.623 e. The fourth-order valence-electron chi connectivity index (χ4n) is 0.232. The van der Waals surface area contributed by atoms with Crippen molar-refractivity contribution in [2.24, 2.45) is 0 Å². The van der Waals surface area contributed by atoms with Crippen molar-refractivity contribution in [1.29, 1.82) is 0 Å². The summed E-state index contributed by atoms with van der Waals surface area (Å²) in [4.78, 5) is 2.70. The summed E-state index contributed by atoms with van der Waals surface area (Å²) in [6, 6.07) is 0. The Balaban J connectivity index is 3.49. The van der Waals surface area contributed by atoms with E-state index in [0.29, 0.717) is 6.61 Å². The second-order valence-electron chi connectivity index (χ2n) is 1.01. The van der Waals surface area contributed by atoms with Crippen LogP contribution in [0.25, 0.3) is 4.85 Å². The Labute approximate surface area is 48.0 Å². The minimum atomic E-state index is -0.567. The lowest BCUT2D eigenvalue weighted by atomic mass is 10.8. The van der Waals surface area contributed by atoms with Gasteiger partial charge in [0.15, 0.2) is 6.20 Å². The van der Waals surface area contributed by atoms with Gasteiger partial charge in [-0.1, -0.05) is 6.92 Å². The first kappa shape index (κ1) is 6.83. The molecule has 0 aliphatic carbocycles. The van der Waals surface area contributed by atoms with E-state index < -0.39 is 5.95 Å². The molecule has 0 radical (unpaired) electrons. The highest BCUT2D eigenvalue weighted by Gasteiger charge is 1.71. The molecule has 0 saturated heterocycles. The number of ether oxygens (including phenoxy) is 1. The van der Waals surface area contributed by atoms with Crippen molar-refractivity contribution in [1.82, 2.24) is 0 Å². The predicted octanol–water partition coefficient (Wildman–Crippen LogP) is 0.101. The van der Waals surface area contributed by atoms with E-state index >= 15 is 0 Å². The van der Waals surface area contributed by atoms with E-state index in [2.05, 4.69) is 9.58 Å². The maximum absolute atomic E-state index is 10.2. The van der Waals surface area contributed by atoms with Gasteiger partial charge in [0.25, 0.3) is 0 Å². The van der Waals surface area contributed by atoms with E-state index in [0.717, 1.165) is 6.20 Å². The summed E-state index contributed by atoms with van der Waals surface area (Å²) in [6.07, 6.45) is 0.809. The first-order chi connectivity index (χ1) is 3.81. The van der Waals surface area contributed by atoms with Gasteiger partial charge in [0.2, 0.25) is 0 Å². The Hall–Kier alpha value is -1.17. The van der Waals surface area contributed by atoms with Crippen molar-refractivity contribution in [3.63, 3.8) is 0 Å². The molecule has 0 rings (SSSR count). The molecule has 3 heteroatoms. The molecule has 0 bridgehead atoms. The molecule has 0 atom stereocenters. The summed E-state index contributed by atoms with van der Waals surface area (Å²) in [5.74, 6) is -0.567. The van der Waals surface area contributed by atoms with Gasteiger partial charge >= 0.3 is 0 Å². The first-order valence-electron chi connectivity index (χ1n) is 2.17. The largest absolute Gasteiger partial charge is 0.623 e. The summed E-state index contributed by atoms with van der Waals surface area (Å²) < 4.78 is 4.37. The van der Waals surface area contributed by atoms with Gasteiger partial charge in [0.1, 0.15) is 0 Å². The fraction of sp³-hybridized carbons (Fsp3) is 0.400. The lowest BCUT2D eigenvalue weighted by molar-refractivity contribution is -0.356. The molecule has 0 aromatic carbocycles. The molecule has 0 heterocycles. The molecule has 0 fully saturated rings. The fourth-order valence-corrected chi connectivity index (χ4v) is 0.232. The second kappa shape index (κ2) is 4.00. The SMILES string of the molecule is [C-]#[N+]/C=C(/[O-])OCC. The Morgan fingerprint density at radius 2 is 2.62 bits per heavy atom. The molecule has 8 heavy (non-hydrogen) atoms. The summed E-state index contributed by atoms with van der Waals surface area (Å²) in [7, 11) is 0. The average molecular weight is 112 g/mol. The average Bonchev–Trinajstić information content (AvgIpc) is 1.68. The van der Waals surface area contributed by atoms with Gasteiger partial charge < -0.3 is 9.84 Å². The topological polar surface area (TPSA) is 36.6 Å². The van der Waals surface area contributed by atoms with Gasteiger partial charge in [-0.25, -0.2) is 4.85 Å². The smallest absolute Gasteiger partial charge is 0.175 e. The standard InChI is InChI=1S/C5H7NO2/c1-3-8-5(7)4-6-2/h4,7H,3H2,1H3/p-1/b5-4-. The lowest BCUT2D eigenvalue weighted by Crippen LogP contribution is -2.06. The Bertz CT molecular complexity index is 123.